The maximum Gasteiger partial charge on any atom is 0.233 e. The number of fused-ring (bicyclic) bond motifs is 1. The second-order valence-electron chi connectivity index (χ2n) is 6.37. The highest BCUT2D eigenvalue weighted by molar-refractivity contribution is 5.85. The van der Waals surface area contributed by atoms with E-state index in [0.29, 0.717) is 30.7 Å². The van der Waals surface area contributed by atoms with Crippen LogP contribution < -0.4 is 11.1 Å². The fraction of sp³-hybridized carbons (Fsp3) is 0.412. The summed E-state index contributed by atoms with van der Waals surface area (Å²) in [5.74, 6) is 2.56. The first kappa shape index (κ1) is 21.3. The van der Waals surface area contributed by atoms with E-state index in [2.05, 4.69) is 25.3 Å². The molecule has 3 aromatic rings. The van der Waals surface area contributed by atoms with Crippen LogP contribution in [0, 0.1) is 0 Å². The van der Waals surface area contributed by atoms with Crippen molar-refractivity contribution in [3.63, 3.8) is 0 Å². The molecular weight excluding hydrogens is 389 g/mol. The molecule has 0 radical (unpaired) electrons. The van der Waals surface area contributed by atoms with E-state index in [1.807, 2.05) is 28.9 Å². The van der Waals surface area contributed by atoms with Gasteiger partial charge in [0, 0.05) is 49.4 Å². The van der Waals surface area contributed by atoms with Crippen molar-refractivity contribution in [1.82, 2.24) is 24.3 Å². The van der Waals surface area contributed by atoms with Crippen molar-refractivity contribution in [1.29, 1.82) is 0 Å². The topological polar surface area (TPSA) is 103 Å². The van der Waals surface area contributed by atoms with Gasteiger partial charge in [0.05, 0.1) is 12.2 Å². The Labute approximate surface area is 169 Å². The summed E-state index contributed by atoms with van der Waals surface area (Å²) in [5, 5.41) is 3.33. The largest absolute Gasteiger partial charge is 0.377 e. The van der Waals surface area contributed by atoms with E-state index >= 15 is 0 Å². The summed E-state index contributed by atoms with van der Waals surface area (Å²) in [6, 6.07) is 4.17. The minimum atomic E-state index is 0. The van der Waals surface area contributed by atoms with Crippen LogP contribution in [0.1, 0.15) is 36.0 Å². The van der Waals surface area contributed by atoms with Crippen molar-refractivity contribution in [2.24, 2.45) is 5.73 Å². The number of methoxy groups -OCH3 is 1. The Morgan fingerprint density at radius 2 is 2.07 bits per heavy atom. The number of rotatable bonds is 6. The van der Waals surface area contributed by atoms with Crippen molar-refractivity contribution in [2.45, 2.75) is 38.0 Å². The van der Waals surface area contributed by atoms with E-state index in [-0.39, 0.29) is 30.9 Å². The van der Waals surface area contributed by atoms with E-state index in [1.54, 1.807) is 13.3 Å². The Hall–Kier alpha value is -2.00. The average Bonchev–Trinajstić information content (AvgIpc) is 3.00. The molecular formula is C17H23Cl2N7O. The summed E-state index contributed by atoms with van der Waals surface area (Å²) in [7, 11) is 1.64. The minimum Gasteiger partial charge on any atom is -0.377 e. The zero-order chi connectivity index (χ0) is 17.2. The van der Waals surface area contributed by atoms with Crippen LogP contribution in [0.5, 0.6) is 0 Å². The van der Waals surface area contributed by atoms with Crippen molar-refractivity contribution in [2.75, 3.05) is 12.4 Å². The number of hydrogen-bond donors (Lipinski definition) is 2. The number of anilines is 1. The summed E-state index contributed by atoms with van der Waals surface area (Å²) < 4.78 is 7.09. The van der Waals surface area contributed by atoms with Crippen molar-refractivity contribution >= 4 is 36.4 Å². The standard InChI is InChI=1S/C17H21N7O.2ClH/c1-25-10-16-22-14(11-5-12(18)6-11)7-15(23-16)20-8-13-9-24-4-2-3-19-17(24)21-13;;/h2-4,7,9,11-12H,5-6,8,10,18H2,1H3,(H,20,22,23);2*1H. The summed E-state index contributed by atoms with van der Waals surface area (Å²) in [6.45, 7) is 0.954. The molecule has 1 saturated carbocycles. The van der Waals surface area contributed by atoms with E-state index in [1.165, 1.54) is 0 Å². The number of nitrogens with one attached hydrogen (secondary N) is 1. The molecule has 0 bridgehead atoms. The van der Waals surface area contributed by atoms with E-state index in [4.69, 9.17) is 10.5 Å². The van der Waals surface area contributed by atoms with Gasteiger partial charge in [-0.25, -0.2) is 19.9 Å². The third kappa shape index (κ3) is 4.84. The van der Waals surface area contributed by atoms with Gasteiger partial charge in [-0.1, -0.05) is 0 Å². The molecule has 146 valence electrons. The Balaban J connectivity index is 0.00000131. The molecule has 0 spiro atoms. The molecule has 1 aliphatic rings. The Morgan fingerprint density at radius 3 is 2.78 bits per heavy atom. The summed E-state index contributed by atoms with van der Waals surface area (Å²) in [4.78, 5) is 17.8. The zero-order valence-electron chi connectivity index (χ0n) is 14.9. The summed E-state index contributed by atoms with van der Waals surface area (Å²) in [6.07, 6.45) is 7.56. The highest BCUT2D eigenvalue weighted by Gasteiger charge is 2.29. The summed E-state index contributed by atoms with van der Waals surface area (Å²) in [5.41, 5.74) is 7.84. The predicted octanol–water partition coefficient (Wildman–Crippen LogP) is 2.33. The van der Waals surface area contributed by atoms with Gasteiger partial charge in [-0.15, -0.1) is 24.8 Å². The van der Waals surface area contributed by atoms with Gasteiger partial charge in [-0.3, -0.25) is 4.40 Å². The second kappa shape index (κ2) is 9.27. The second-order valence-corrected chi connectivity index (χ2v) is 6.37. The normalized spacial score (nSPS) is 18.3. The molecule has 0 atom stereocenters. The number of ether oxygens (including phenoxy) is 1. The lowest BCUT2D eigenvalue weighted by Crippen LogP contribution is -2.35. The van der Waals surface area contributed by atoms with Crippen LogP contribution in [0.25, 0.3) is 5.78 Å². The lowest BCUT2D eigenvalue weighted by atomic mass is 9.78. The molecule has 27 heavy (non-hydrogen) atoms. The average molecular weight is 412 g/mol. The van der Waals surface area contributed by atoms with Crippen LogP contribution in [0.15, 0.2) is 30.7 Å². The number of hydrogen-bond acceptors (Lipinski definition) is 7. The SMILES string of the molecule is COCc1nc(NCc2cn3cccnc3n2)cc(C2CC(N)C2)n1.Cl.Cl. The third-order valence-electron chi connectivity index (χ3n) is 4.39. The van der Waals surface area contributed by atoms with Gasteiger partial charge in [0.15, 0.2) is 5.82 Å². The minimum absolute atomic E-state index is 0. The van der Waals surface area contributed by atoms with Gasteiger partial charge < -0.3 is 15.8 Å². The van der Waals surface area contributed by atoms with Gasteiger partial charge in [0.25, 0.3) is 0 Å². The molecule has 4 rings (SSSR count). The number of imidazole rings is 1. The lowest BCUT2D eigenvalue weighted by molar-refractivity contribution is 0.177. The monoisotopic (exact) mass is 411 g/mol. The summed E-state index contributed by atoms with van der Waals surface area (Å²) >= 11 is 0. The predicted molar refractivity (Wildman–Crippen MR) is 108 cm³/mol. The van der Waals surface area contributed by atoms with E-state index < -0.39 is 0 Å². The Kier molecular flexibility index (Phi) is 7.32. The highest BCUT2D eigenvalue weighted by atomic mass is 35.5. The molecule has 0 aromatic carbocycles. The molecule has 1 aliphatic carbocycles. The molecule has 8 nitrogen and oxygen atoms in total. The zero-order valence-corrected chi connectivity index (χ0v) is 16.5. The molecule has 3 aromatic heterocycles. The van der Waals surface area contributed by atoms with Crippen LogP contribution in [-0.2, 0) is 17.9 Å². The first-order chi connectivity index (χ1) is 12.2. The fourth-order valence-corrected chi connectivity index (χ4v) is 3.06. The number of halogens is 2. The molecule has 0 amide bonds. The third-order valence-corrected chi connectivity index (χ3v) is 4.39. The maximum absolute atomic E-state index is 5.91. The molecule has 0 unspecified atom stereocenters. The van der Waals surface area contributed by atoms with Gasteiger partial charge in [-0.05, 0) is 18.9 Å². The van der Waals surface area contributed by atoms with E-state index in [9.17, 15) is 0 Å². The molecule has 3 N–H and O–H groups in total. The Morgan fingerprint density at radius 1 is 1.26 bits per heavy atom. The quantitative estimate of drug-likeness (QED) is 0.641. The van der Waals surface area contributed by atoms with Crippen molar-refractivity contribution in [3.8, 4) is 0 Å². The molecule has 10 heteroatoms. The van der Waals surface area contributed by atoms with Crippen molar-refractivity contribution in [3.05, 3.63) is 47.9 Å². The van der Waals surface area contributed by atoms with Crippen LogP contribution in [-0.4, -0.2) is 37.5 Å². The number of aromatic nitrogens is 5. The smallest absolute Gasteiger partial charge is 0.233 e. The Bertz CT molecular complexity index is 850. The molecule has 3 heterocycles. The first-order valence-electron chi connectivity index (χ1n) is 8.36. The van der Waals surface area contributed by atoms with Gasteiger partial charge in [0.1, 0.15) is 12.4 Å². The maximum atomic E-state index is 5.91. The van der Waals surface area contributed by atoms with Gasteiger partial charge >= 0.3 is 0 Å². The first-order valence-corrected chi connectivity index (χ1v) is 8.36. The fourth-order valence-electron chi connectivity index (χ4n) is 3.06. The molecule has 0 aliphatic heterocycles. The number of nitrogens with two attached hydrogens (primary N) is 1. The van der Waals surface area contributed by atoms with Gasteiger partial charge in [-0.2, -0.15) is 0 Å². The number of nitrogens with zero attached hydrogens (tertiary/aromatic N) is 5. The van der Waals surface area contributed by atoms with Crippen LogP contribution in [0.2, 0.25) is 0 Å². The van der Waals surface area contributed by atoms with Crippen molar-refractivity contribution < 1.29 is 4.74 Å². The lowest BCUT2D eigenvalue weighted by Gasteiger charge is -2.32. The molecule has 1 fully saturated rings. The van der Waals surface area contributed by atoms with Gasteiger partial charge in [0.2, 0.25) is 5.78 Å². The van der Waals surface area contributed by atoms with Crippen LogP contribution in [0.3, 0.4) is 0 Å². The van der Waals surface area contributed by atoms with Crippen LogP contribution in [0.4, 0.5) is 5.82 Å². The van der Waals surface area contributed by atoms with Crippen LogP contribution >= 0.6 is 24.8 Å². The van der Waals surface area contributed by atoms with E-state index in [0.717, 1.165) is 30.0 Å². The highest BCUT2D eigenvalue weighted by Crippen LogP contribution is 2.35. The molecule has 0 saturated heterocycles.